The molecule has 0 aliphatic rings. The Morgan fingerprint density at radius 2 is 1.69 bits per heavy atom. The van der Waals surface area contributed by atoms with E-state index in [1.165, 1.54) is 0 Å². The van der Waals surface area contributed by atoms with Crippen molar-refractivity contribution >= 4 is 23.2 Å². The summed E-state index contributed by atoms with van der Waals surface area (Å²) < 4.78 is 0. The summed E-state index contributed by atoms with van der Waals surface area (Å²) >= 11 is 12.0. The van der Waals surface area contributed by atoms with E-state index < -0.39 is 0 Å². The molecule has 0 bridgehead atoms. The largest absolute Gasteiger partial charge is 0.308 e. The summed E-state index contributed by atoms with van der Waals surface area (Å²) in [4.78, 5) is 4.24. The topological polar surface area (TPSA) is 6.48 Å². The first-order valence-electron chi connectivity index (χ1n) is 4.50. The van der Waals surface area contributed by atoms with E-state index in [0.717, 1.165) is 13.0 Å². The summed E-state index contributed by atoms with van der Waals surface area (Å²) in [5.74, 6) is 0.666. The number of hydrogen-bond acceptors (Lipinski definition) is 2. The third-order valence-electron chi connectivity index (χ3n) is 2.03. The van der Waals surface area contributed by atoms with Crippen LogP contribution < -0.4 is 0 Å². The molecule has 2 nitrogen and oxygen atoms in total. The highest BCUT2D eigenvalue weighted by Gasteiger charge is 2.21. The average Bonchev–Trinajstić information content (AvgIpc) is 1.97. The van der Waals surface area contributed by atoms with Crippen molar-refractivity contribution in [1.82, 2.24) is 9.80 Å². The van der Waals surface area contributed by atoms with Crippen LogP contribution in [0.3, 0.4) is 0 Å². The van der Waals surface area contributed by atoms with Gasteiger partial charge in [0.2, 0.25) is 0 Å². The Morgan fingerprint density at radius 1 is 1.15 bits per heavy atom. The molecule has 0 aromatic carbocycles. The van der Waals surface area contributed by atoms with Crippen LogP contribution in [0.4, 0.5) is 0 Å². The van der Waals surface area contributed by atoms with Crippen molar-refractivity contribution in [3.05, 3.63) is 0 Å². The van der Waals surface area contributed by atoms with Crippen LogP contribution in [0.15, 0.2) is 0 Å². The molecule has 4 heteroatoms. The molecule has 0 spiro atoms. The van der Waals surface area contributed by atoms with Gasteiger partial charge in [0.15, 0.2) is 0 Å². The fraction of sp³-hybridized carbons (Fsp3) is 1.00. The molecule has 0 rings (SSSR count). The fourth-order valence-electron chi connectivity index (χ4n) is 1.34. The van der Waals surface area contributed by atoms with Gasteiger partial charge in [-0.3, -0.25) is 0 Å². The van der Waals surface area contributed by atoms with E-state index in [0.29, 0.717) is 11.9 Å². The highest BCUT2D eigenvalue weighted by molar-refractivity contribution is 6.21. The van der Waals surface area contributed by atoms with Crippen LogP contribution in [0.1, 0.15) is 6.42 Å². The molecule has 2 atom stereocenters. The summed E-state index contributed by atoms with van der Waals surface area (Å²) in [6, 6.07) is 0.363. The fourth-order valence-corrected chi connectivity index (χ4v) is 2.20. The molecule has 0 aromatic rings. The molecular formula is C9H20Cl2N2. The van der Waals surface area contributed by atoms with Crippen molar-refractivity contribution in [1.29, 1.82) is 0 Å². The molecule has 0 aliphatic heterocycles. The van der Waals surface area contributed by atoms with E-state index in [1.807, 2.05) is 28.2 Å². The Hall–Kier alpha value is 0.500. The van der Waals surface area contributed by atoms with E-state index >= 15 is 0 Å². The zero-order valence-corrected chi connectivity index (χ0v) is 10.4. The summed E-state index contributed by atoms with van der Waals surface area (Å²) in [6.45, 7) is 0.890. The quantitative estimate of drug-likeness (QED) is 0.637. The van der Waals surface area contributed by atoms with Crippen LogP contribution in [-0.2, 0) is 0 Å². The SMILES string of the molecule is CN(C)CC(Cl)C(CCCl)N(C)C. The molecule has 0 heterocycles. The first-order chi connectivity index (χ1) is 5.99. The Bertz CT molecular complexity index is 129. The zero-order chi connectivity index (χ0) is 10.4. The van der Waals surface area contributed by atoms with E-state index in [4.69, 9.17) is 23.2 Å². The van der Waals surface area contributed by atoms with Crippen LogP contribution in [0.25, 0.3) is 0 Å². The van der Waals surface area contributed by atoms with Gasteiger partial charge >= 0.3 is 0 Å². The van der Waals surface area contributed by atoms with Gasteiger partial charge in [-0.1, -0.05) is 0 Å². The first-order valence-corrected chi connectivity index (χ1v) is 5.47. The minimum atomic E-state index is 0.142. The number of halogens is 2. The van der Waals surface area contributed by atoms with Gasteiger partial charge in [0.05, 0.1) is 5.38 Å². The maximum absolute atomic E-state index is 6.27. The lowest BCUT2D eigenvalue weighted by atomic mass is 10.1. The smallest absolute Gasteiger partial charge is 0.0618 e. The molecule has 0 radical (unpaired) electrons. The minimum absolute atomic E-state index is 0.142. The Morgan fingerprint density at radius 3 is 2.00 bits per heavy atom. The third-order valence-corrected chi connectivity index (χ3v) is 2.67. The lowest BCUT2D eigenvalue weighted by molar-refractivity contribution is 0.251. The first kappa shape index (κ1) is 13.5. The van der Waals surface area contributed by atoms with Gasteiger partial charge in [-0.05, 0) is 34.6 Å². The van der Waals surface area contributed by atoms with Crippen molar-refractivity contribution in [3.8, 4) is 0 Å². The van der Waals surface area contributed by atoms with E-state index in [-0.39, 0.29) is 5.38 Å². The summed E-state index contributed by atoms with van der Waals surface area (Å²) in [7, 11) is 8.15. The van der Waals surface area contributed by atoms with Gasteiger partial charge in [-0.2, -0.15) is 0 Å². The molecule has 0 aliphatic carbocycles. The molecule has 80 valence electrons. The summed E-state index contributed by atoms with van der Waals surface area (Å²) in [5, 5.41) is 0.142. The average molecular weight is 227 g/mol. The normalized spacial score (nSPS) is 16.6. The number of alkyl halides is 2. The molecule has 0 amide bonds. The van der Waals surface area contributed by atoms with Crippen molar-refractivity contribution in [3.63, 3.8) is 0 Å². The molecule has 2 unspecified atom stereocenters. The van der Waals surface area contributed by atoms with Gasteiger partial charge in [0.25, 0.3) is 0 Å². The standard InChI is InChI=1S/C9H20Cl2N2/c1-12(2)7-8(11)9(5-6-10)13(3)4/h8-9H,5-7H2,1-4H3. The molecule has 13 heavy (non-hydrogen) atoms. The van der Waals surface area contributed by atoms with Gasteiger partial charge < -0.3 is 9.80 Å². The Balaban J connectivity index is 4.02. The second-order valence-electron chi connectivity index (χ2n) is 3.79. The summed E-state index contributed by atoms with van der Waals surface area (Å²) in [6.07, 6.45) is 0.941. The monoisotopic (exact) mass is 226 g/mol. The van der Waals surface area contributed by atoms with E-state index in [1.54, 1.807) is 0 Å². The minimum Gasteiger partial charge on any atom is -0.308 e. The van der Waals surface area contributed by atoms with Crippen molar-refractivity contribution in [2.24, 2.45) is 0 Å². The van der Waals surface area contributed by atoms with Crippen molar-refractivity contribution in [2.75, 3.05) is 40.6 Å². The van der Waals surface area contributed by atoms with E-state index in [9.17, 15) is 0 Å². The number of rotatable bonds is 6. The maximum atomic E-state index is 6.27. The van der Waals surface area contributed by atoms with Crippen molar-refractivity contribution in [2.45, 2.75) is 17.8 Å². The second kappa shape index (κ2) is 6.88. The highest BCUT2D eigenvalue weighted by Crippen LogP contribution is 2.13. The molecule has 0 saturated heterocycles. The van der Waals surface area contributed by atoms with Gasteiger partial charge in [-0.25, -0.2) is 0 Å². The number of hydrogen-bond donors (Lipinski definition) is 0. The van der Waals surface area contributed by atoms with Crippen LogP contribution in [0.2, 0.25) is 0 Å². The molecule has 0 saturated carbocycles. The Labute approximate surface area is 91.8 Å². The zero-order valence-electron chi connectivity index (χ0n) is 8.93. The molecule has 0 aromatic heterocycles. The van der Waals surface area contributed by atoms with Crippen molar-refractivity contribution < 1.29 is 0 Å². The number of nitrogens with zero attached hydrogens (tertiary/aromatic N) is 2. The van der Waals surface area contributed by atoms with Crippen LogP contribution >= 0.6 is 23.2 Å². The Kier molecular flexibility index (Phi) is 7.15. The van der Waals surface area contributed by atoms with Gasteiger partial charge in [-0.15, -0.1) is 23.2 Å². The maximum Gasteiger partial charge on any atom is 0.0618 e. The van der Waals surface area contributed by atoms with Crippen LogP contribution in [-0.4, -0.2) is 61.8 Å². The molecular weight excluding hydrogens is 207 g/mol. The van der Waals surface area contributed by atoms with Gasteiger partial charge in [0.1, 0.15) is 0 Å². The molecule has 0 fully saturated rings. The predicted octanol–water partition coefficient (Wildman–Crippen LogP) is 1.71. The van der Waals surface area contributed by atoms with E-state index in [2.05, 4.69) is 9.80 Å². The lowest BCUT2D eigenvalue weighted by Gasteiger charge is -2.29. The van der Waals surface area contributed by atoms with Gasteiger partial charge in [0, 0.05) is 18.5 Å². The van der Waals surface area contributed by atoms with Crippen LogP contribution in [0.5, 0.6) is 0 Å². The summed E-state index contributed by atoms with van der Waals surface area (Å²) in [5.41, 5.74) is 0. The predicted molar refractivity (Wildman–Crippen MR) is 61.0 cm³/mol. The van der Waals surface area contributed by atoms with Crippen LogP contribution in [0, 0.1) is 0 Å². The lowest BCUT2D eigenvalue weighted by Crippen LogP contribution is -2.41. The highest BCUT2D eigenvalue weighted by atomic mass is 35.5. The molecule has 0 N–H and O–H groups in total. The third kappa shape index (κ3) is 5.74. The second-order valence-corrected chi connectivity index (χ2v) is 4.73.